The molecule has 0 aliphatic rings. The molecule has 2 aromatic carbocycles. The predicted octanol–water partition coefficient (Wildman–Crippen LogP) is 2.54. The summed E-state index contributed by atoms with van der Waals surface area (Å²) in [5.74, 6) is 0.450. The first-order valence-corrected chi connectivity index (χ1v) is 9.02. The Hall–Kier alpha value is -3.34. The number of pyridine rings is 1. The van der Waals surface area contributed by atoms with E-state index in [0.29, 0.717) is 19.0 Å². The van der Waals surface area contributed by atoms with Crippen LogP contribution in [0.2, 0.25) is 0 Å². The lowest BCUT2D eigenvalue weighted by Crippen LogP contribution is -2.33. The number of aromatic nitrogens is 1. The fourth-order valence-corrected chi connectivity index (χ4v) is 2.75. The zero-order valence-corrected chi connectivity index (χ0v) is 15.2. The number of nitrogens with zero attached hydrogens (tertiary/aromatic N) is 2. The maximum Gasteiger partial charge on any atom is 0.250 e. The van der Waals surface area contributed by atoms with Gasteiger partial charge >= 0.3 is 0 Å². The summed E-state index contributed by atoms with van der Waals surface area (Å²) in [4.78, 5) is 16.2. The third-order valence-electron chi connectivity index (χ3n) is 4.27. The zero-order chi connectivity index (χ0) is 18.9. The van der Waals surface area contributed by atoms with E-state index < -0.39 is 0 Å². The molecule has 0 amide bonds. The van der Waals surface area contributed by atoms with Crippen LogP contribution in [0.3, 0.4) is 0 Å². The minimum atomic E-state index is 0.000488. The van der Waals surface area contributed by atoms with Crippen molar-refractivity contribution in [2.75, 3.05) is 6.54 Å². The van der Waals surface area contributed by atoms with Crippen LogP contribution in [0.25, 0.3) is 0 Å². The van der Waals surface area contributed by atoms with Crippen LogP contribution < -0.4 is 16.6 Å². The van der Waals surface area contributed by atoms with E-state index >= 15 is 0 Å². The van der Waals surface area contributed by atoms with Gasteiger partial charge in [0.15, 0.2) is 5.96 Å². The molecule has 138 valence electrons. The van der Waals surface area contributed by atoms with Crippen LogP contribution in [0.15, 0.2) is 88.8 Å². The predicted molar refractivity (Wildman–Crippen MR) is 110 cm³/mol. The van der Waals surface area contributed by atoms with Gasteiger partial charge in [-0.05, 0) is 29.2 Å². The van der Waals surface area contributed by atoms with Gasteiger partial charge in [0.05, 0.1) is 13.1 Å². The molecule has 27 heavy (non-hydrogen) atoms. The molecule has 0 aliphatic carbocycles. The smallest absolute Gasteiger partial charge is 0.250 e. The van der Waals surface area contributed by atoms with Gasteiger partial charge in [-0.25, -0.2) is 4.99 Å². The lowest BCUT2D eigenvalue weighted by atomic mass is 10.1. The van der Waals surface area contributed by atoms with E-state index in [-0.39, 0.29) is 5.56 Å². The maximum atomic E-state index is 11.8. The van der Waals surface area contributed by atoms with Crippen LogP contribution in [0, 0.1) is 0 Å². The maximum absolute atomic E-state index is 11.8. The van der Waals surface area contributed by atoms with Crippen LogP contribution in [-0.2, 0) is 19.5 Å². The lowest BCUT2D eigenvalue weighted by Gasteiger charge is -2.07. The second-order valence-corrected chi connectivity index (χ2v) is 6.35. The van der Waals surface area contributed by atoms with E-state index in [9.17, 15) is 4.79 Å². The lowest BCUT2D eigenvalue weighted by molar-refractivity contribution is 0.759. The highest BCUT2D eigenvalue weighted by molar-refractivity contribution is 5.77. The molecule has 5 heteroatoms. The van der Waals surface area contributed by atoms with Gasteiger partial charge in [-0.1, -0.05) is 60.7 Å². The highest BCUT2D eigenvalue weighted by Gasteiger charge is 1.99. The van der Waals surface area contributed by atoms with E-state index in [1.807, 2.05) is 48.5 Å². The quantitative estimate of drug-likeness (QED) is 0.502. The molecule has 1 heterocycles. The fourth-order valence-electron chi connectivity index (χ4n) is 2.75. The van der Waals surface area contributed by atoms with E-state index in [0.717, 1.165) is 24.1 Å². The third kappa shape index (κ3) is 5.85. The molecule has 0 radical (unpaired) electrons. The second-order valence-electron chi connectivity index (χ2n) is 6.35. The van der Waals surface area contributed by atoms with Crippen LogP contribution >= 0.6 is 0 Å². The van der Waals surface area contributed by atoms with Gasteiger partial charge < -0.3 is 15.6 Å². The molecule has 1 aromatic heterocycles. The summed E-state index contributed by atoms with van der Waals surface area (Å²) in [7, 11) is 0. The van der Waals surface area contributed by atoms with Crippen molar-refractivity contribution >= 4 is 5.96 Å². The number of nitrogens with one attached hydrogen (secondary N) is 1. The Morgan fingerprint density at radius 2 is 1.59 bits per heavy atom. The Kier molecular flexibility index (Phi) is 6.41. The van der Waals surface area contributed by atoms with Crippen molar-refractivity contribution in [3.8, 4) is 0 Å². The van der Waals surface area contributed by atoms with Crippen molar-refractivity contribution in [3.05, 3.63) is 106 Å². The molecule has 0 saturated heterocycles. The van der Waals surface area contributed by atoms with Crippen LogP contribution in [0.4, 0.5) is 0 Å². The molecular weight excluding hydrogens is 336 g/mol. The van der Waals surface area contributed by atoms with Crippen LogP contribution in [-0.4, -0.2) is 17.1 Å². The second kappa shape index (κ2) is 9.38. The number of hydrogen-bond acceptors (Lipinski definition) is 2. The summed E-state index contributed by atoms with van der Waals surface area (Å²) in [6.07, 6.45) is 2.70. The van der Waals surface area contributed by atoms with Gasteiger partial charge in [-0.15, -0.1) is 0 Å². The SMILES string of the molecule is NC(=NCc1ccc(Cn2ccccc2=O)cc1)NCCc1ccccc1. The molecule has 0 unspecified atom stereocenters. The molecule has 0 fully saturated rings. The fraction of sp³-hybridized carbons (Fsp3) is 0.182. The summed E-state index contributed by atoms with van der Waals surface area (Å²) in [6, 6.07) is 23.5. The van der Waals surface area contributed by atoms with Gasteiger partial charge in [-0.3, -0.25) is 4.79 Å². The molecule has 0 aliphatic heterocycles. The van der Waals surface area contributed by atoms with Gasteiger partial charge in [0, 0.05) is 18.8 Å². The van der Waals surface area contributed by atoms with Crippen molar-refractivity contribution in [2.24, 2.45) is 10.7 Å². The first-order valence-electron chi connectivity index (χ1n) is 9.02. The van der Waals surface area contributed by atoms with Gasteiger partial charge in [0.1, 0.15) is 0 Å². The molecule has 3 N–H and O–H groups in total. The molecule has 3 aromatic rings. The Morgan fingerprint density at radius 3 is 2.33 bits per heavy atom. The minimum Gasteiger partial charge on any atom is -0.370 e. The average molecular weight is 360 g/mol. The zero-order valence-electron chi connectivity index (χ0n) is 15.2. The Morgan fingerprint density at radius 1 is 0.889 bits per heavy atom. The van der Waals surface area contributed by atoms with Crippen molar-refractivity contribution in [1.29, 1.82) is 0 Å². The molecule has 0 saturated carbocycles. The first kappa shape index (κ1) is 18.5. The van der Waals surface area contributed by atoms with Gasteiger partial charge in [0.25, 0.3) is 5.56 Å². The summed E-state index contributed by atoms with van der Waals surface area (Å²) < 4.78 is 1.68. The van der Waals surface area contributed by atoms with Crippen molar-refractivity contribution in [2.45, 2.75) is 19.5 Å². The Bertz CT molecular complexity index is 930. The molecule has 0 spiro atoms. The molecule has 5 nitrogen and oxygen atoms in total. The summed E-state index contributed by atoms with van der Waals surface area (Å²) in [5, 5.41) is 3.14. The van der Waals surface area contributed by atoms with Crippen molar-refractivity contribution < 1.29 is 0 Å². The van der Waals surface area contributed by atoms with Crippen molar-refractivity contribution in [3.63, 3.8) is 0 Å². The number of aliphatic imine (C=N–C) groups is 1. The third-order valence-corrected chi connectivity index (χ3v) is 4.27. The topological polar surface area (TPSA) is 72.4 Å². The summed E-state index contributed by atoms with van der Waals surface area (Å²) in [5.41, 5.74) is 9.36. The molecular formula is C22H24N4O. The number of nitrogens with two attached hydrogens (primary N) is 1. The molecule has 3 rings (SSSR count). The Labute approximate surface area is 159 Å². The monoisotopic (exact) mass is 360 g/mol. The largest absolute Gasteiger partial charge is 0.370 e. The highest BCUT2D eigenvalue weighted by atomic mass is 16.1. The van der Waals surface area contributed by atoms with E-state index in [1.54, 1.807) is 22.9 Å². The highest BCUT2D eigenvalue weighted by Crippen LogP contribution is 2.07. The normalized spacial score (nSPS) is 11.3. The molecule has 0 atom stereocenters. The summed E-state index contributed by atoms with van der Waals surface area (Å²) >= 11 is 0. The minimum absolute atomic E-state index is 0.000488. The average Bonchev–Trinajstić information content (AvgIpc) is 2.70. The van der Waals surface area contributed by atoms with Crippen molar-refractivity contribution in [1.82, 2.24) is 9.88 Å². The standard InChI is InChI=1S/C22H24N4O/c23-22(24-14-13-18-6-2-1-3-7-18)25-16-19-9-11-20(12-10-19)17-26-15-5-4-8-21(26)27/h1-12,15H,13-14,16-17H2,(H3,23,24,25). The first-order chi connectivity index (χ1) is 13.2. The van der Waals surface area contributed by atoms with E-state index in [4.69, 9.17) is 5.73 Å². The number of guanidine groups is 1. The van der Waals surface area contributed by atoms with Gasteiger partial charge in [0.2, 0.25) is 0 Å². The number of benzene rings is 2. The number of rotatable bonds is 7. The summed E-state index contributed by atoms with van der Waals surface area (Å²) in [6.45, 7) is 1.84. The van der Waals surface area contributed by atoms with Crippen LogP contribution in [0.1, 0.15) is 16.7 Å². The number of hydrogen-bond donors (Lipinski definition) is 2. The van der Waals surface area contributed by atoms with E-state index in [2.05, 4.69) is 22.4 Å². The van der Waals surface area contributed by atoms with Gasteiger partial charge in [-0.2, -0.15) is 0 Å². The molecule has 0 bridgehead atoms. The van der Waals surface area contributed by atoms with Crippen LogP contribution in [0.5, 0.6) is 0 Å². The van der Waals surface area contributed by atoms with E-state index in [1.165, 1.54) is 5.56 Å². The Balaban J connectivity index is 1.48.